The molecular formula is C18H24O3. The third-order valence-electron chi connectivity index (χ3n) is 5.34. The van der Waals surface area contributed by atoms with Crippen molar-refractivity contribution in [1.82, 2.24) is 0 Å². The monoisotopic (exact) mass is 288 g/mol. The summed E-state index contributed by atoms with van der Waals surface area (Å²) in [5, 5.41) is 10.1. The molecule has 1 fully saturated rings. The number of hydrogen-bond donors (Lipinski definition) is 1. The lowest BCUT2D eigenvalue weighted by atomic mass is 9.63. The van der Waals surface area contributed by atoms with Crippen LogP contribution in [0.3, 0.4) is 0 Å². The molecule has 1 saturated heterocycles. The highest BCUT2D eigenvalue weighted by atomic mass is 16.5. The van der Waals surface area contributed by atoms with Crippen LogP contribution in [0.25, 0.3) is 0 Å². The number of aryl methyl sites for hydroxylation is 1. The Bertz CT molecular complexity index is 588. The van der Waals surface area contributed by atoms with Crippen LogP contribution in [0.2, 0.25) is 0 Å². The summed E-state index contributed by atoms with van der Waals surface area (Å²) in [6.45, 7) is 8.20. The summed E-state index contributed by atoms with van der Waals surface area (Å²) in [4.78, 5) is 12.3. The third-order valence-corrected chi connectivity index (χ3v) is 5.34. The first-order valence-electron chi connectivity index (χ1n) is 7.71. The second-order valence-electron chi connectivity index (χ2n) is 7.66. The van der Waals surface area contributed by atoms with Gasteiger partial charge in [-0.1, -0.05) is 24.3 Å². The molecule has 0 bridgehead atoms. The molecule has 0 amide bonds. The molecule has 0 radical (unpaired) electrons. The van der Waals surface area contributed by atoms with Crippen molar-refractivity contribution in [2.45, 2.75) is 63.6 Å². The van der Waals surface area contributed by atoms with Gasteiger partial charge in [-0.05, 0) is 58.1 Å². The van der Waals surface area contributed by atoms with Gasteiger partial charge in [-0.3, -0.25) is 4.79 Å². The van der Waals surface area contributed by atoms with Crippen LogP contribution in [-0.2, 0) is 21.4 Å². The summed E-state index contributed by atoms with van der Waals surface area (Å²) >= 11 is 0. The third kappa shape index (κ3) is 2.02. The Morgan fingerprint density at radius 3 is 2.48 bits per heavy atom. The Morgan fingerprint density at radius 1 is 1.24 bits per heavy atom. The number of rotatable bonds is 2. The molecule has 3 nitrogen and oxygen atoms in total. The fourth-order valence-electron chi connectivity index (χ4n) is 4.70. The normalized spacial score (nSPS) is 32.9. The van der Waals surface area contributed by atoms with Crippen LogP contribution in [0.5, 0.6) is 0 Å². The van der Waals surface area contributed by atoms with Gasteiger partial charge in [0.15, 0.2) is 0 Å². The van der Waals surface area contributed by atoms with Crippen molar-refractivity contribution in [2.75, 3.05) is 0 Å². The average Bonchev–Trinajstić information content (AvgIpc) is 2.84. The Labute approximate surface area is 126 Å². The summed E-state index contributed by atoms with van der Waals surface area (Å²) < 4.78 is 6.19. The van der Waals surface area contributed by atoms with E-state index in [-0.39, 0.29) is 11.5 Å². The van der Waals surface area contributed by atoms with Crippen molar-refractivity contribution in [3.63, 3.8) is 0 Å². The highest BCUT2D eigenvalue weighted by Gasteiger charge is 2.61. The van der Waals surface area contributed by atoms with E-state index in [1.807, 2.05) is 32.0 Å². The van der Waals surface area contributed by atoms with Gasteiger partial charge in [-0.2, -0.15) is 0 Å². The Hall–Kier alpha value is -1.35. The van der Waals surface area contributed by atoms with Crippen LogP contribution in [0.1, 0.15) is 51.7 Å². The molecular weight excluding hydrogens is 264 g/mol. The van der Waals surface area contributed by atoms with Gasteiger partial charge >= 0.3 is 5.97 Å². The van der Waals surface area contributed by atoms with Crippen molar-refractivity contribution in [3.05, 3.63) is 35.4 Å². The lowest BCUT2D eigenvalue weighted by Crippen LogP contribution is -2.48. The van der Waals surface area contributed by atoms with E-state index in [0.717, 1.165) is 18.4 Å². The zero-order valence-corrected chi connectivity index (χ0v) is 13.3. The van der Waals surface area contributed by atoms with Crippen LogP contribution < -0.4 is 0 Å². The van der Waals surface area contributed by atoms with Crippen molar-refractivity contribution in [1.29, 1.82) is 0 Å². The van der Waals surface area contributed by atoms with E-state index in [1.165, 1.54) is 5.56 Å². The number of fused-ring (bicyclic) bond motifs is 1. The van der Waals surface area contributed by atoms with Crippen molar-refractivity contribution in [3.8, 4) is 0 Å². The predicted molar refractivity (Wildman–Crippen MR) is 81.4 cm³/mol. The van der Waals surface area contributed by atoms with Crippen LogP contribution in [-0.4, -0.2) is 22.3 Å². The number of ether oxygens (including phenoxy) is 1. The van der Waals surface area contributed by atoms with Gasteiger partial charge in [0.1, 0.15) is 0 Å². The maximum absolute atomic E-state index is 12.3. The van der Waals surface area contributed by atoms with Gasteiger partial charge in [-0.25, -0.2) is 0 Å². The minimum atomic E-state index is -0.812. The fourth-order valence-corrected chi connectivity index (χ4v) is 4.70. The Balaban J connectivity index is 2.15. The van der Waals surface area contributed by atoms with E-state index in [2.05, 4.69) is 19.9 Å². The van der Waals surface area contributed by atoms with Crippen LogP contribution in [0, 0.1) is 5.92 Å². The highest BCUT2D eigenvalue weighted by molar-refractivity contribution is 5.84. The predicted octanol–water partition coefficient (Wildman–Crippen LogP) is 3.55. The summed E-state index contributed by atoms with van der Waals surface area (Å²) in [7, 11) is 0. The maximum atomic E-state index is 12.3. The molecule has 3 heteroatoms. The van der Waals surface area contributed by atoms with Gasteiger partial charge < -0.3 is 9.84 Å². The second-order valence-corrected chi connectivity index (χ2v) is 7.66. The molecule has 1 aliphatic carbocycles. The number of hydrogen-bond acceptors (Lipinski definition) is 2. The van der Waals surface area contributed by atoms with E-state index >= 15 is 0 Å². The van der Waals surface area contributed by atoms with E-state index < -0.39 is 17.0 Å². The van der Waals surface area contributed by atoms with Gasteiger partial charge in [0.25, 0.3) is 0 Å². The van der Waals surface area contributed by atoms with Gasteiger partial charge in [0.05, 0.1) is 16.6 Å². The SMILES string of the molecule is CC1(C)CC(C2(C(=O)O)CCc3ccccc32)C(C)(C)O1. The molecule has 0 spiro atoms. The zero-order valence-electron chi connectivity index (χ0n) is 13.3. The Morgan fingerprint density at radius 2 is 1.90 bits per heavy atom. The smallest absolute Gasteiger partial charge is 0.314 e. The first-order valence-corrected chi connectivity index (χ1v) is 7.71. The topological polar surface area (TPSA) is 46.5 Å². The minimum absolute atomic E-state index is 0.0128. The number of carboxylic acids is 1. The van der Waals surface area contributed by atoms with E-state index in [0.29, 0.717) is 6.42 Å². The molecule has 21 heavy (non-hydrogen) atoms. The van der Waals surface area contributed by atoms with E-state index in [1.54, 1.807) is 0 Å². The molecule has 2 aliphatic rings. The molecule has 1 aromatic carbocycles. The standard InChI is InChI=1S/C18H24O3/c1-16(2)11-14(17(3,4)21-16)18(15(19)20)10-9-12-7-5-6-8-13(12)18/h5-8,14H,9-11H2,1-4H3,(H,19,20). The molecule has 1 N–H and O–H groups in total. The maximum Gasteiger partial charge on any atom is 0.314 e. The minimum Gasteiger partial charge on any atom is -0.481 e. The van der Waals surface area contributed by atoms with Crippen molar-refractivity contribution in [2.24, 2.45) is 5.92 Å². The largest absolute Gasteiger partial charge is 0.481 e. The lowest BCUT2D eigenvalue weighted by molar-refractivity contribution is -0.150. The first kappa shape index (κ1) is 14.6. The summed E-state index contributed by atoms with van der Waals surface area (Å²) in [6, 6.07) is 8.01. The molecule has 2 unspecified atom stereocenters. The summed E-state index contributed by atoms with van der Waals surface area (Å²) in [6.07, 6.45) is 2.30. The molecule has 114 valence electrons. The summed E-state index contributed by atoms with van der Waals surface area (Å²) in [5.74, 6) is -0.715. The van der Waals surface area contributed by atoms with Crippen LogP contribution in [0.15, 0.2) is 24.3 Å². The van der Waals surface area contributed by atoms with Gasteiger partial charge in [-0.15, -0.1) is 0 Å². The van der Waals surface area contributed by atoms with Crippen LogP contribution >= 0.6 is 0 Å². The van der Waals surface area contributed by atoms with Crippen molar-refractivity contribution >= 4 is 5.97 Å². The number of carbonyl (C=O) groups is 1. The second kappa shape index (κ2) is 4.33. The van der Waals surface area contributed by atoms with Gasteiger partial charge in [0.2, 0.25) is 0 Å². The van der Waals surface area contributed by atoms with Crippen molar-refractivity contribution < 1.29 is 14.6 Å². The van der Waals surface area contributed by atoms with E-state index in [4.69, 9.17) is 4.74 Å². The number of carboxylic acid groups (broad SMARTS) is 1. The molecule has 1 heterocycles. The fraction of sp³-hybridized carbons (Fsp3) is 0.611. The highest BCUT2D eigenvalue weighted by Crippen LogP contribution is 2.56. The lowest BCUT2D eigenvalue weighted by Gasteiger charge is -2.39. The first-order chi connectivity index (χ1) is 9.69. The molecule has 3 rings (SSSR count). The van der Waals surface area contributed by atoms with Gasteiger partial charge in [0, 0.05) is 5.92 Å². The molecule has 0 saturated carbocycles. The number of aliphatic carboxylic acids is 1. The molecule has 1 aromatic rings. The average molecular weight is 288 g/mol. The zero-order chi connectivity index (χ0) is 15.5. The number of benzene rings is 1. The Kier molecular flexibility index (Phi) is 3.00. The molecule has 2 atom stereocenters. The molecule has 0 aromatic heterocycles. The molecule has 1 aliphatic heterocycles. The quantitative estimate of drug-likeness (QED) is 0.905. The van der Waals surface area contributed by atoms with E-state index in [9.17, 15) is 9.90 Å². The van der Waals surface area contributed by atoms with Crippen LogP contribution in [0.4, 0.5) is 0 Å². The summed E-state index contributed by atoms with van der Waals surface area (Å²) in [5.41, 5.74) is 0.665.